The normalized spacial score (nSPS) is 11.6. The molecule has 0 aliphatic rings. The number of ether oxygens (including phenoxy) is 1. The number of carbonyl (C=O) groups is 1. The molecule has 0 aromatic rings. The van der Waals surface area contributed by atoms with Crippen LogP contribution in [0.3, 0.4) is 0 Å². The third-order valence-electron chi connectivity index (χ3n) is 5.21. The predicted molar refractivity (Wildman–Crippen MR) is 118 cm³/mol. The summed E-state index contributed by atoms with van der Waals surface area (Å²) in [6.07, 6.45) is 22.0. The van der Waals surface area contributed by atoms with Crippen LogP contribution in [0.15, 0.2) is 12.2 Å². The summed E-state index contributed by atoms with van der Waals surface area (Å²) in [6.45, 7) is 9.96. The fraction of sp³-hybridized carbons (Fsp3) is 0.875. The highest BCUT2D eigenvalue weighted by atomic mass is 16.5. The molecule has 0 radical (unpaired) electrons. The maximum Gasteiger partial charge on any atom is 0.305 e. The van der Waals surface area contributed by atoms with Crippen molar-refractivity contribution in [2.24, 2.45) is 0 Å². The predicted octanol–water partition coefficient (Wildman–Crippen LogP) is 6.91. The molecule has 0 rings (SSSR count). The third kappa shape index (κ3) is 19.7. The maximum atomic E-state index is 11.7. The number of hydrogen-bond donors (Lipinski definition) is 0. The van der Waals surface area contributed by atoms with E-state index in [1.165, 1.54) is 70.6 Å². The minimum absolute atomic E-state index is 0.0280. The topological polar surface area (TPSA) is 29.5 Å². The fourth-order valence-corrected chi connectivity index (χ4v) is 3.24. The van der Waals surface area contributed by atoms with E-state index in [0.29, 0.717) is 13.0 Å². The van der Waals surface area contributed by atoms with Gasteiger partial charge in [-0.15, -0.1) is 0 Å². The number of allylic oxidation sites excluding steroid dienone is 2. The molecule has 0 saturated carbocycles. The molecule has 0 fully saturated rings. The molecule has 0 saturated heterocycles. The zero-order valence-electron chi connectivity index (χ0n) is 18.6. The van der Waals surface area contributed by atoms with Gasteiger partial charge < -0.3 is 9.64 Å². The van der Waals surface area contributed by atoms with E-state index >= 15 is 0 Å². The van der Waals surface area contributed by atoms with Crippen LogP contribution in [-0.4, -0.2) is 37.1 Å². The molecule has 0 amide bonds. The average molecular weight is 382 g/mol. The van der Waals surface area contributed by atoms with Crippen LogP contribution in [0.1, 0.15) is 111 Å². The van der Waals surface area contributed by atoms with Gasteiger partial charge in [-0.25, -0.2) is 0 Å². The zero-order valence-corrected chi connectivity index (χ0v) is 18.6. The van der Waals surface area contributed by atoms with Crippen LogP contribution in [0, 0.1) is 0 Å². The van der Waals surface area contributed by atoms with Crippen LogP contribution in [0.2, 0.25) is 0 Å². The SMILES string of the molecule is CCCCCCCC/C=C/CCCCCCCC(=O)OCCN(CC)CC. The van der Waals surface area contributed by atoms with Crippen molar-refractivity contribution >= 4 is 5.97 Å². The summed E-state index contributed by atoms with van der Waals surface area (Å²) in [4.78, 5) is 14.0. The van der Waals surface area contributed by atoms with E-state index < -0.39 is 0 Å². The monoisotopic (exact) mass is 381 g/mol. The summed E-state index contributed by atoms with van der Waals surface area (Å²) in [5.74, 6) is -0.0280. The Kier molecular flexibility index (Phi) is 20.8. The first kappa shape index (κ1) is 26.2. The highest BCUT2D eigenvalue weighted by Gasteiger charge is 2.04. The van der Waals surface area contributed by atoms with Crippen LogP contribution in [0.25, 0.3) is 0 Å². The lowest BCUT2D eigenvalue weighted by Gasteiger charge is -2.17. The van der Waals surface area contributed by atoms with Crippen LogP contribution >= 0.6 is 0 Å². The van der Waals surface area contributed by atoms with Gasteiger partial charge in [-0.3, -0.25) is 4.79 Å². The Morgan fingerprint density at radius 1 is 0.741 bits per heavy atom. The summed E-state index contributed by atoms with van der Waals surface area (Å²) >= 11 is 0. The molecule has 0 unspecified atom stereocenters. The van der Waals surface area contributed by atoms with E-state index in [2.05, 4.69) is 37.8 Å². The Balaban J connectivity index is 3.28. The van der Waals surface area contributed by atoms with E-state index in [1.807, 2.05) is 0 Å². The van der Waals surface area contributed by atoms with Gasteiger partial charge in [0.05, 0.1) is 0 Å². The molecular formula is C24H47NO2. The van der Waals surface area contributed by atoms with Crippen molar-refractivity contribution in [2.45, 2.75) is 111 Å². The fourth-order valence-electron chi connectivity index (χ4n) is 3.24. The molecule has 0 aliphatic heterocycles. The molecular weight excluding hydrogens is 334 g/mol. The largest absolute Gasteiger partial charge is 0.464 e. The number of likely N-dealkylation sites (N-methyl/N-ethyl adjacent to an activating group) is 1. The molecule has 0 spiro atoms. The van der Waals surface area contributed by atoms with Gasteiger partial charge in [0.2, 0.25) is 0 Å². The molecule has 0 aromatic carbocycles. The first-order valence-corrected chi connectivity index (χ1v) is 11.8. The van der Waals surface area contributed by atoms with E-state index in [1.54, 1.807) is 0 Å². The lowest BCUT2D eigenvalue weighted by atomic mass is 10.1. The Morgan fingerprint density at radius 2 is 1.26 bits per heavy atom. The minimum Gasteiger partial charge on any atom is -0.464 e. The van der Waals surface area contributed by atoms with Crippen molar-refractivity contribution in [3.8, 4) is 0 Å². The van der Waals surface area contributed by atoms with Gasteiger partial charge in [-0.1, -0.05) is 84.3 Å². The summed E-state index contributed by atoms with van der Waals surface area (Å²) in [5, 5.41) is 0. The number of hydrogen-bond acceptors (Lipinski definition) is 3. The van der Waals surface area contributed by atoms with Crippen LogP contribution < -0.4 is 0 Å². The number of nitrogens with zero attached hydrogens (tertiary/aromatic N) is 1. The second-order valence-electron chi connectivity index (χ2n) is 7.58. The van der Waals surface area contributed by atoms with Gasteiger partial charge in [0, 0.05) is 13.0 Å². The van der Waals surface area contributed by atoms with Crippen molar-refractivity contribution in [3.05, 3.63) is 12.2 Å². The van der Waals surface area contributed by atoms with E-state index in [4.69, 9.17) is 4.74 Å². The molecule has 0 heterocycles. The standard InChI is InChI=1S/C24H47NO2/c1-4-7-8-9-10-11-12-13-14-15-16-17-18-19-20-21-24(26)27-23-22-25(5-2)6-3/h13-14H,4-12,15-23H2,1-3H3/b14-13+. The Labute approximate surface area is 169 Å². The highest BCUT2D eigenvalue weighted by molar-refractivity contribution is 5.69. The highest BCUT2D eigenvalue weighted by Crippen LogP contribution is 2.10. The molecule has 0 aliphatic carbocycles. The van der Waals surface area contributed by atoms with Crippen molar-refractivity contribution in [1.82, 2.24) is 4.90 Å². The van der Waals surface area contributed by atoms with Crippen molar-refractivity contribution in [3.63, 3.8) is 0 Å². The van der Waals surface area contributed by atoms with Crippen LogP contribution in [0.4, 0.5) is 0 Å². The number of unbranched alkanes of at least 4 members (excludes halogenated alkanes) is 11. The molecule has 0 bridgehead atoms. The minimum atomic E-state index is -0.0280. The average Bonchev–Trinajstić information content (AvgIpc) is 2.68. The molecule has 0 aromatic heterocycles. The van der Waals surface area contributed by atoms with Crippen LogP contribution in [0.5, 0.6) is 0 Å². The summed E-state index contributed by atoms with van der Waals surface area (Å²) < 4.78 is 5.31. The van der Waals surface area contributed by atoms with Gasteiger partial charge in [0.15, 0.2) is 0 Å². The van der Waals surface area contributed by atoms with E-state index in [0.717, 1.165) is 32.5 Å². The molecule has 3 nitrogen and oxygen atoms in total. The summed E-state index contributed by atoms with van der Waals surface area (Å²) in [5.41, 5.74) is 0. The van der Waals surface area contributed by atoms with Crippen molar-refractivity contribution < 1.29 is 9.53 Å². The Bertz CT molecular complexity index is 337. The van der Waals surface area contributed by atoms with Gasteiger partial charge in [0.25, 0.3) is 0 Å². The molecule has 3 heteroatoms. The summed E-state index contributed by atoms with van der Waals surface area (Å²) in [6, 6.07) is 0. The smallest absolute Gasteiger partial charge is 0.305 e. The second-order valence-corrected chi connectivity index (χ2v) is 7.58. The van der Waals surface area contributed by atoms with Gasteiger partial charge >= 0.3 is 5.97 Å². The third-order valence-corrected chi connectivity index (χ3v) is 5.21. The molecule has 0 atom stereocenters. The van der Waals surface area contributed by atoms with Crippen molar-refractivity contribution in [1.29, 1.82) is 0 Å². The van der Waals surface area contributed by atoms with Gasteiger partial charge in [-0.05, 0) is 45.2 Å². The number of carbonyl (C=O) groups excluding carboxylic acids is 1. The van der Waals surface area contributed by atoms with Crippen molar-refractivity contribution in [2.75, 3.05) is 26.2 Å². The van der Waals surface area contributed by atoms with E-state index in [9.17, 15) is 4.79 Å². The second kappa shape index (κ2) is 21.5. The quantitative estimate of drug-likeness (QED) is 0.130. The first-order chi connectivity index (χ1) is 13.2. The van der Waals surface area contributed by atoms with Gasteiger partial charge in [-0.2, -0.15) is 0 Å². The Hall–Kier alpha value is -0.830. The Morgan fingerprint density at radius 3 is 1.81 bits per heavy atom. The molecule has 27 heavy (non-hydrogen) atoms. The maximum absolute atomic E-state index is 11.7. The number of esters is 1. The molecule has 0 N–H and O–H groups in total. The van der Waals surface area contributed by atoms with E-state index in [-0.39, 0.29) is 5.97 Å². The molecule has 160 valence electrons. The number of rotatable bonds is 20. The van der Waals surface area contributed by atoms with Crippen LogP contribution in [-0.2, 0) is 9.53 Å². The summed E-state index contributed by atoms with van der Waals surface area (Å²) in [7, 11) is 0. The zero-order chi connectivity index (χ0) is 20.0. The van der Waals surface area contributed by atoms with Gasteiger partial charge in [0.1, 0.15) is 6.61 Å². The first-order valence-electron chi connectivity index (χ1n) is 11.8. The lowest BCUT2D eigenvalue weighted by Crippen LogP contribution is -2.27. The lowest BCUT2D eigenvalue weighted by molar-refractivity contribution is -0.144.